The van der Waals surface area contributed by atoms with Crippen LogP contribution in [0, 0.1) is 0 Å². The van der Waals surface area contributed by atoms with Crippen LogP contribution in [0.4, 0.5) is 0 Å². The Labute approximate surface area is 102 Å². The molecule has 0 aromatic heterocycles. The second-order valence-corrected chi connectivity index (χ2v) is 3.70. The Morgan fingerprint density at radius 3 is 2.88 bits per heavy atom. The number of methoxy groups -OCH3 is 1. The van der Waals surface area contributed by atoms with E-state index in [9.17, 15) is 4.79 Å². The molecule has 0 bridgehead atoms. The van der Waals surface area contributed by atoms with E-state index in [1.165, 1.54) is 6.08 Å². The SMILES string of the molecule is COc1ccc(OC/C=C/C(=O)O)c(Br)c1. The van der Waals surface area contributed by atoms with Gasteiger partial charge in [0.15, 0.2) is 0 Å². The van der Waals surface area contributed by atoms with Crippen LogP contribution in [0.2, 0.25) is 0 Å². The quantitative estimate of drug-likeness (QED) is 0.845. The second kappa shape index (κ2) is 6.17. The molecule has 5 heteroatoms. The van der Waals surface area contributed by atoms with Gasteiger partial charge >= 0.3 is 5.97 Å². The van der Waals surface area contributed by atoms with Crippen LogP contribution >= 0.6 is 15.9 Å². The van der Waals surface area contributed by atoms with Gasteiger partial charge in [0.1, 0.15) is 18.1 Å². The third-order valence-electron chi connectivity index (χ3n) is 1.73. The zero-order valence-electron chi connectivity index (χ0n) is 8.64. The van der Waals surface area contributed by atoms with E-state index in [1.54, 1.807) is 25.3 Å². The number of benzene rings is 1. The highest BCUT2D eigenvalue weighted by Gasteiger charge is 2.01. The zero-order chi connectivity index (χ0) is 12.0. The van der Waals surface area contributed by atoms with Gasteiger partial charge in [-0.2, -0.15) is 0 Å². The first kappa shape index (κ1) is 12.6. The van der Waals surface area contributed by atoms with Crippen LogP contribution in [0.3, 0.4) is 0 Å². The number of ether oxygens (including phenoxy) is 2. The summed E-state index contributed by atoms with van der Waals surface area (Å²) in [4.78, 5) is 10.2. The highest BCUT2D eigenvalue weighted by molar-refractivity contribution is 9.10. The zero-order valence-corrected chi connectivity index (χ0v) is 10.2. The standard InChI is InChI=1S/C11H11BrO4/c1-15-8-4-5-10(9(12)7-8)16-6-2-3-11(13)14/h2-5,7H,6H2,1H3,(H,13,14)/b3-2+. The van der Waals surface area contributed by atoms with Gasteiger partial charge in [-0.1, -0.05) is 0 Å². The number of halogens is 1. The molecule has 1 rings (SSSR count). The maximum absolute atomic E-state index is 10.2. The number of hydrogen-bond donors (Lipinski definition) is 1. The van der Waals surface area contributed by atoms with Crippen molar-refractivity contribution < 1.29 is 19.4 Å². The summed E-state index contributed by atoms with van der Waals surface area (Å²) in [6.45, 7) is 0.206. The molecule has 16 heavy (non-hydrogen) atoms. The van der Waals surface area contributed by atoms with Gasteiger partial charge in [-0.05, 0) is 40.2 Å². The lowest BCUT2D eigenvalue weighted by Crippen LogP contribution is -1.96. The predicted octanol–water partition coefficient (Wildman–Crippen LogP) is 2.48. The smallest absolute Gasteiger partial charge is 0.328 e. The highest BCUT2D eigenvalue weighted by Crippen LogP contribution is 2.28. The number of carbonyl (C=O) groups is 1. The van der Waals surface area contributed by atoms with E-state index in [4.69, 9.17) is 14.6 Å². The second-order valence-electron chi connectivity index (χ2n) is 2.85. The molecule has 1 N–H and O–H groups in total. The fraction of sp³-hybridized carbons (Fsp3) is 0.182. The van der Waals surface area contributed by atoms with E-state index in [0.29, 0.717) is 5.75 Å². The molecule has 0 spiro atoms. The van der Waals surface area contributed by atoms with E-state index in [0.717, 1.165) is 16.3 Å². The molecule has 1 aromatic carbocycles. The summed E-state index contributed by atoms with van der Waals surface area (Å²) in [7, 11) is 1.58. The number of hydrogen-bond acceptors (Lipinski definition) is 3. The fourth-order valence-electron chi connectivity index (χ4n) is 1.01. The van der Waals surface area contributed by atoms with Crippen LogP contribution in [0.1, 0.15) is 0 Å². The first-order valence-corrected chi connectivity index (χ1v) is 5.28. The van der Waals surface area contributed by atoms with Crippen LogP contribution in [0.15, 0.2) is 34.8 Å². The molecule has 86 valence electrons. The molecule has 0 saturated carbocycles. The number of carboxylic acid groups (broad SMARTS) is 1. The largest absolute Gasteiger partial charge is 0.497 e. The number of rotatable bonds is 5. The van der Waals surface area contributed by atoms with Crippen molar-refractivity contribution in [3.63, 3.8) is 0 Å². The minimum Gasteiger partial charge on any atom is -0.497 e. The Morgan fingerprint density at radius 2 is 2.31 bits per heavy atom. The minimum atomic E-state index is -0.989. The molecule has 0 amide bonds. The average molecular weight is 287 g/mol. The topological polar surface area (TPSA) is 55.8 Å². The van der Waals surface area contributed by atoms with Crippen LogP contribution in [-0.4, -0.2) is 24.8 Å². The molecule has 1 aromatic rings. The van der Waals surface area contributed by atoms with Gasteiger partial charge in [-0.25, -0.2) is 4.79 Å². The minimum absolute atomic E-state index is 0.206. The van der Waals surface area contributed by atoms with Gasteiger partial charge in [-0.15, -0.1) is 0 Å². The van der Waals surface area contributed by atoms with Crippen molar-refractivity contribution in [1.82, 2.24) is 0 Å². The highest BCUT2D eigenvalue weighted by atomic mass is 79.9. The Bertz CT molecular complexity index is 401. The first-order chi connectivity index (χ1) is 7.63. The first-order valence-electron chi connectivity index (χ1n) is 4.49. The maximum atomic E-state index is 10.2. The van der Waals surface area contributed by atoms with Gasteiger partial charge in [0, 0.05) is 6.08 Å². The summed E-state index contributed by atoms with van der Waals surface area (Å²) in [6, 6.07) is 5.29. The molecule has 0 unspecified atom stereocenters. The van der Waals surface area contributed by atoms with Crippen molar-refractivity contribution in [2.75, 3.05) is 13.7 Å². The third-order valence-corrected chi connectivity index (χ3v) is 2.35. The number of carboxylic acids is 1. The van der Waals surface area contributed by atoms with Crippen molar-refractivity contribution in [2.24, 2.45) is 0 Å². The van der Waals surface area contributed by atoms with Gasteiger partial charge < -0.3 is 14.6 Å². The lowest BCUT2D eigenvalue weighted by atomic mass is 10.3. The molecule has 0 heterocycles. The normalized spacial score (nSPS) is 10.4. The molecule has 0 aliphatic rings. The van der Waals surface area contributed by atoms with E-state index in [-0.39, 0.29) is 6.61 Å². The van der Waals surface area contributed by atoms with E-state index in [2.05, 4.69) is 15.9 Å². The average Bonchev–Trinajstić information content (AvgIpc) is 2.25. The van der Waals surface area contributed by atoms with Gasteiger partial charge in [0.25, 0.3) is 0 Å². The Kier molecular flexibility index (Phi) is 4.85. The third kappa shape index (κ3) is 3.94. The fourth-order valence-corrected chi connectivity index (χ4v) is 1.48. The van der Waals surface area contributed by atoms with E-state index < -0.39 is 5.97 Å². The van der Waals surface area contributed by atoms with Gasteiger partial charge in [0.05, 0.1) is 11.6 Å². The molecule has 0 aliphatic heterocycles. The molecule has 0 atom stereocenters. The van der Waals surface area contributed by atoms with Crippen molar-refractivity contribution in [1.29, 1.82) is 0 Å². The molecule has 4 nitrogen and oxygen atoms in total. The lowest BCUT2D eigenvalue weighted by Gasteiger charge is -2.07. The summed E-state index contributed by atoms with van der Waals surface area (Å²) in [6.07, 6.45) is 2.47. The van der Waals surface area contributed by atoms with E-state index in [1.807, 2.05) is 0 Å². The van der Waals surface area contributed by atoms with Crippen LogP contribution < -0.4 is 9.47 Å². The summed E-state index contributed by atoms with van der Waals surface area (Å²) in [5.41, 5.74) is 0. The molecule has 0 saturated heterocycles. The van der Waals surface area contributed by atoms with Crippen LogP contribution in [-0.2, 0) is 4.79 Å². The number of aliphatic carboxylic acids is 1. The molecule has 0 aliphatic carbocycles. The maximum Gasteiger partial charge on any atom is 0.328 e. The van der Waals surface area contributed by atoms with Gasteiger partial charge in [0.2, 0.25) is 0 Å². The van der Waals surface area contributed by atoms with Crippen molar-refractivity contribution >= 4 is 21.9 Å². The summed E-state index contributed by atoms with van der Waals surface area (Å²) in [5.74, 6) is 0.369. The Hall–Kier alpha value is -1.49. The Balaban J connectivity index is 2.57. The monoisotopic (exact) mass is 286 g/mol. The Morgan fingerprint density at radius 1 is 1.56 bits per heavy atom. The summed E-state index contributed by atoms with van der Waals surface area (Å²) < 4.78 is 11.1. The lowest BCUT2D eigenvalue weighted by molar-refractivity contribution is -0.131. The summed E-state index contributed by atoms with van der Waals surface area (Å²) in [5, 5.41) is 8.37. The van der Waals surface area contributed by atoms with Crippen molar-refractivity contribution in [3.05, 3.63) is 34.8 Å². The van der Waals surface area contributed by atoms with Crippen molar-refractivity contribution in [3.8, 4) is 11.5 Å². The van der Waals surface area contributed by atoms with Crippen LogP contribution in [0.5, 0.6) is 11.5 Å². The molecule has 0 fully saturated rings. The molecular weight excluding hydrogens is 276 g/mol. The summed E-state index contributed by atoms with van der Waals surface area (Å²) >= 11 is 3.32. The van der Waals surface area contributed by atoms with Crippen LogP contribution in [0.25, 0.3) is 0 Å². The predicted molar refractivity (Wildman–Crippen MR) is 63.0 cm³/mol. The molecule has 0 radical (unpaired) electrons. The van der Waals surface area contributed by atoms with E-state index >= 15 is 0 Å². The van der Waals surface area contributed by atoms with Gasteiger partial charge in [-0.3, -0.25) is 0 Å². The molecular formula is C11H11BrO4. The van der Waals surface area contributed by atoms with Crippen molar-refractivity contribution in [2.45, 2.75) is 0 Å².